The van der Waals surface area contributed by atoms with E-state index < -0.39 is 0 Å². The first-order chi connectivity index (χ1) is 8.86. The zero-order valence-corrected chi connectivity index (χ0v) is 11.8. The van der Waals surface area contributed by atoms with Gasteiger partial charge in [-0.15, -0.1) is 10.2 Å². The van der Waals surface area contributed by atoms with E-state index in [2.05, 4.69) is 44.0 Å². The van der Waals surface area contributed by atoms with E-state index in [1.165, 1.54) is 5.56 Å². The average Bonchev–Trinajstić information content (AvgIpc) is 2.33. The van der Waals surface area contributed by atoms with Gasteiger partial charge in [0.1, 0.15) is 11.6 Å². The molecule has 0 aliphatic carbocycles. The number of rotatable bonds is 2. The van der Waals surface area contributed by atoms with E-state index in [0.717, 1.165) is 11.3 Å². The number of hydrogen-bond donors (Lipinski definition) is 1. The summed E-state index contributed by atoms with van der Waals surface area (Å²) in [5, 5.41) is 7.71. The summed E-state index contributed by atoms with van der Waals surface area (Å²) in [4.78, 5) is 0. The standard InChI is InChI=1S/C15H19N3O/c1-10-5-6-12(11(9-10)15(2,3)4)19-14-8-7-13(16)17-18-14/h5-9H,1-4H3,(H2,16,17). The van der Waals surface area contributed by atoms with Crippen molar-refractivity contribution in [2.45, 2.75) is 33.1 Å². The molecule has 0 amide bonds. The molecule has 0 saturated heterocycles. The van der Waals surface area contributed by atoms with Gasteiger partial charge in [0.25, 0.3) is 0 Å². The lowest BCUT2D eigenvalue weighted by Crippen LogP contribution is -2.13. The summed E-state index contributed by atoms with van der Waals surface area (Å²) in [7, 11) is 0. The lowest BCUT2D eigenvalue weighted by molar-refractivity contribution is 0.434. The molecule has 0 unspecified atom stereocenters. The normalized spacial score (nSPS) is 11.4. The van der Waals surface area contributed by atoms with Gasteiger partial charge in [0, 0.05) is 11.6 Å². The monoisotopic (exact) mass is 257 g/mol. The Morgan fingerprint density at radius 3 is 2.37 bits per heavy atom. The molecule has 0 aliphatic rings. The van der Waals surface area contributed by atoms with Crippen LogP contribution in [0.15, 0.2) is 30.3 Å². The molecule has 0 saturated carbocycles. The predicted molar refractivity (Wildman–Crippen MR) is 76.4 cm³/mol. The number of anilines is 1. The van der Waals surface area contributed by atoms with Gasteiger partial charge in [-0.2, -0.15) is 0 Å². The van der Waals surface area contributed by atoms with E-state index in [-0.39, 0.29) is 5.41 Å². The van der Waals surface area contributed by atoms with Crippen LogP contribution in [0, 0.1) is 6.92 Å². The summed E-state index contributed by atoms with van der Waals surface area (Å²) in [6.45, 7) is 8.54. The van der Waals surface area contributed by atoms with Crippen molar-refractivity contribution in [3.63, 3.8) is 0 Å². The smallest absolute Gasteiger partial charge is 0.239 e. The summed E-state index contributed by atoms with van der Waals surface area (Å²) >= 11 is 0. The highest BCUT2D eigenvalue weighted by molar-refractivity contribution is 5.43. The summed E-state index contributed by atoms with van der Waals surface area (Å²) in [6, 6.07) is 9.52. The van der Waals surface area contributed by atoms with Gasteiger partial charge >= 0.3 is 0 Å². The zero-order chi connectivity index (χ0) is 14.0. The van der Waals surface area contributed by atoms with Crippen LogP contribution in [0.25, 0.3) is 0 Å². The Morgan fingerprint density at radius 2 is 1.79 bits per heavy atom. The molecule has 4 heteroatoms. The molecule has 0 spiro atoms. The number of nitrogen functional groups attached to an aromatic ring is 1. The van der Waals surface area contributed by atoms with Crippen molar-refractivity contribution >= 4 is 5.82 Å². The Bertz CT molecular complexity index is 571. The fourth-order valence-electron chi connectivity index (χ4n) is 1.82. The number of aromatic nitrogens is 2. The lowest BCUT2D eigenvalue weighted by atomic mass is 9.85. The fourth-order valence-corrected chi connectivity index (χ4v) is 1.82. The minimum atomic E-state index is 0.00257. The first kappa shape index (κ1) is 13.3. The van der Waals surface area contributed by atoms with Crippen LogP contribution in [0.4, 0.5) is 5.82 Å². The third-order valence-corrected chi connectivity index (χ3v) is 2.82. The molecule has 0 fully saturated rings. The Balaban J connectivity index is 2.37. The molecule has 2 N–H and O–H groups in total. The molecule has 0 aliphatic heterocycles. The summed E-state index contributed by atoms with van der Waals surface area (Å²) in [5.74, 6) is 1.63. The van der Waals surface area contributed by atoms with E-state index in [1.807, 2.05) is 12.1 Å². The van der Waals surface area contributed by atoms with Gasteiger partial charge < -0.3 is 10.5 Å². The van der Waals surface area contributed by atoms with E-state index in [4.69, 9.17) is 10.5 Å². The van der Waals surface area contributed by atoms with Gasteiger partial charge in [0.15, 0.2) is 0 Å². The molecule has 0 bridgehead atoms. The molecule has 19 heavy (non-hydrogen) atoms. The molecule has 100 valence electrons. The van der Waals surface area contributed by atoms with Crippen LogP contribution in [-0.2, 0) is 5.41 Å². The summed E-state index contributed by atoms with van der Waals surface area (Å²) in [6.07, 6.45) is 0. The second-order valence-corrected chi connectivity index (χ2v) is 5.65. The van der Waals surface area contributed by atoms with Crippen LogP contribution in [-0.4, -0.2) is 10.2 Å². The van der Waals surface area contributed by atoms with E-state index >= 15 is 0 Å². The van der Waals surface area contributed by atoms with Gasteiger partial charge in [-0.3, -0.25) is 0 Å². The quantitative estimate of drug-likeness (QED) is 0.895. The highest BCUT2D eigenvalue weighted by Gasteiger charge is 2.19. The van der Waals surface area contributed by atoms with Crippen LogP contribution in [0.1, 0.15) is 31.9 Å². The Kier molecular flexibility index (Phi) is 3.42. The van der Waals surface area contributed by atoms with Crippen LogP contribution < -0.4 is 10.5 Å². The molecule has 1 heterocycles. The zero-order valence-electron chi connectivity index (χ0n) is 11.8. The summed E-state index contributed by atoms with van der Waals surface area (Å²) < 4.78 is 5.82. The number of hydrogen-bond acceptors (Lipinski definition) is 4. The summed E-state index contributed by atoms with van der Waals surface area (Å²) in [5.41, 5.74) is 7.87. The highest BCUT2D eigenvalue weighted by atomic mass is 16.5. The molecule has 2 aromatic rings. The number of benzene rings is 1. The Morgan fingerprint density at radius 1 is 1.05 bits per heavy atom. The van der Waals surface area contributed by atoms with Crippen molar-refractivity contribution in [2.75, 3.05) is 5.73 Å². The molecule has 0 atom stereocenters. The Hall–Kier alpha value is -2.10. The van der Waals surface area contributed by atoms with E-state index in [0.29, 0.717) is 11.7 Å². The second-order valence-electron chi connectivity index (χ2n) is 5.65. The third-order valence-electron chi connectivity index (χ3n) is 2.82. The molecular weight excluding hydrogens is 238 g/mol. The second kappa shape index (κ2) is 4.88. The van der Waals surface area contributed by atoms with Gasteiger partial charge in [-0.25, -0.2) is 0 Å². The van der Waals surface area contributed by atoms with Crippen LogP contribution >= 0.6 is 0 Å². The molecule has 1 aromatic heterocycles. The first-order valence-electron chi connectivity index (χ1n) is 6.24. The van der Waals surface area contributed by atoms with Crippen LogP contribution in [0.5, 0.6) is 11.6 Å². The van der Waals surface area contributed by atoms with Crippen molar-refractivity contribution < 1.29 is 4.74 Å². The average molecular weight is 257 g/mol. The van der Waals surface area contributed by atoms with Gasteiger partial charge in [-0.1, -0.05) is 38.5 Å². The molecule has 0 radical (unpaired) electrons. The number of nitrogens with two attached hydrogens (primary N) is 1. The predicted octanol–water partition coefficient (Wildman–Crippen LogP) is 3.46. The van der Waals surface area contributed by atoms with Crippen molar-refractivity contribution in [3.8, 4) is 11.6 Å². The van der Waals surface area contributed by atoms with Crippen LogP contribution in [0.2, 0.25) is 0 Å². The lowest BCUT2D eigenvalue weighted by Gasteiger charge is -2.22. The number of aryl methyl sites for hydroxylation is 1. The van der Waals surface area contributed by atoms with E-state index in [1.54, 1.807) is 12.1 Å². The Labute approximate surface area is 113 Å². The van der Waals surface area contributed by atoms with Gasteiger partial charge in [-0.05, 0) is 24.5 Å². The van der Waals surface area contributed by atoms with Crippen LogP contribution in [0.3, 0.4) is 0 Å². The maximum Gasteiger partial charge on any atom is 0.239 e. The first-order valence-corrected chi connectivity index (χ1v) is 6.24. The third kappa shape index (κ3) is 3.22. The van der Waals surface area contributed by atoms with Crippen molar-refractivity contribution in [3.05, 3.63) is 41.5 Å². The molecule has 1 aromatic carbocycles. The molecular formula is C15H19N3O. The van der Waals surface area contributed by atoms with Crippen molar-refractivity contribution in [1.29, 1.82) is 0 Å². The van der Waals surface area contributed by atoms with E-state index in [9.17, 15) is 0 Å². The fraction of sp³-hybridized carbons (Fsp3) is 0.333. The molecule has 4 nitrogen and oxygen atoms in total. The highest BCUT2D eigenvalue weighted by Crippen LogP contribution is 2.34. The van der Waals surface area contributed by atoms with Gasteiger partial charge in [0.05, 0.1) is 0 Å². The maximum atomic E-state index is 5.82. The van der Waals surface area contributed by atoms with Crippen molar-refractivity contribution in [1.82, 2.24) is 10.2 Å². The SMILES string of the molecule is Cc1ccc(Oc2ccc(N)nn2)c(C(C)(C)C)c1. The molecule has 2 rings (SSSR count). The number of ether oxygens (including phenoxy) is 1. The maximum absolute atomic E-state index is 5.82. The number of nitrogens with zero attached hydrogens (tertiary/aromatic N) is 2. The van der Waals surface area contributed by atoms with Gasteiger partial charge in [0.2, 0.25) is 5.88 Å². The largest absolute Gasteiger partial charge is 0.437 e. The minimum Gasteiger partial charge on any atom is -0.437 e. The topological polar surface area (TPSA) is 61.0 Å². The van der Waals surface area contributed by atoms with Crippen molar-refractivity contribution in [2.24, 2.45) is 0 Å². The minimum absolute atomic E-state index is 0.00257.